The molecule has 2 rings (SSSR count). The van der Waals surface area contributed by atoms with Gasteiger partial charge in [-0.2, -0.15) is 0 Å². The Hall–Kier alpha value is -1.43. The molecule has 0 saturated carbocycles. The Labute approximate surface area is 106 Å². The van der Waals surface area contributed by atoms with E-state index in [9.17, 15) is 4.79 Å². The molecule has 1 saturated heterocycles. The van der Waals surface area contributed by atoms with E-state index in [-0.39, 0.29) is 6.61 Å². The number of hydrogen-bond acceptors (Lipinski definition) is 5. The Kier molecular flexibility index (Phi) is 4.69. The predicted molar refractivity (Wildman–Crippen MR) is 62.7 cm³/mol. The zero-order valence-electron chi connectivity index (χ0n) is 10.2. The quantitative estimate of drug-likeness (QED) is 0.735. The van der Waals surface area contributed by atoms with Crippen molar-refractivity contribution in [3.8, 4) is 0 Å². The van der Waals surface area contributed by atoms with Gasteiger partial charge in [0.15, 0.2) is 12.4 Å². The second-order valence-electron chi connectivity index (χ2n) is 3.91. The molecule has 98 valence electrons. The molecule has 0 amide bonds. The van der Waals surface area contributed by atoms with Gasteiger partial charge in [-0.15, -0.1) is 0 Å². The maximum atomic E-state index is 11.2. The highest BCUT2D eigenvalue weighted by atomic mass is 16.7. The second-order valence-corrected chi connectivity index (χ2v) is 3.91. The summed E-state index contributed by atoms with van der Waals surface area (Å²) in [6.07, 6.45) is -1.14. The summed E-state index contributed by atoms with van der Waals surface area (Å²) in [6, 6.07) is 9.82. The average Bonchev–Trinajstić information content (AvgIpc) is 2.88. The molecular weight excluding hydrogens is 236 g/mol. The molecule has 18 heavy (non-hydrogen) atoms. The summed E-state index contributed by atoms with van der Waals surface area (Å²) in [7, 11) is 1.32. The Morgan fingerprint density at radius 1 is 1.39 bits per heavy atom. The van der Waals surface area contributed by atoms with Crippen molar-refractivity contribution in [3.63, 3.8) is 0 Å². The first kappa shape index (κ1) is 13.0. The number of carbonyl (C=O) groups is 1. The fraction of sp³-hybridized carbons (Fsp3) is 0.462. The minimum absolute atomic E-state index is 0.214. The second kappa shape index (κ2) is 6.49. The van der Waals surface area contributed by atoms with Crippen LogP contribution in [-0.4, -0.2) is 38.7 Å². The highest BCUT2D eigenvalue weighted by molar-refractivity contribution is 5.74. The van der Waals surface area contributed by atoms with E-state index in [1.165, 1.54) is 7.11 Å². The Morgan fingerprint density at radius 3 is 2.89 bits per heavy atom. The van der Waals surface area contributed by atoms with Crippen molar-refractivity contribution in [2.24, 2.45) is 0 Å². The Bertz CT molecular complexity index is 378. The van der Waals surface area contributed by atoms with Crippen molar-refractivity contribution in [1.82, 2.24) is 0 Å². The van der Waals surface area contributed by atoms with Crippen LogP contribution in [-0.2, 0) is 30.3 Å². The molecule has 2 atom stereocenters. The lowest BCUT2D eigenvalue weighted by Gasteiger charge is -2.11. The van der Waals surface area contributed by atoms with E-state index in [0.717, 1.165) is 5.56 Å². The van der Waals surface area contributed by atoms with Crippen molar-refractivity contribution in [2.75, 3.05) is 20.3 Å². The maximum absolute atomic E-state index is 11.2. The lowest BCUT2D eigenvalue weighted by atomic mass is 10.2. The fourth-order valence-corrected chi connectivity index (χ4v) is 1.65. The molecule has 1 fully saturated rings. The number of rotatable bonds is 5. The smallest absolute Gasteiger partial charge is 0.337 e. The van der Waals surface area contributed by atoms with E-state index in [1.54, 1.807) is 0 Å². The van der Waals surface area contributed by atoms with Crippen LogP contribution in [0.4, 0.5) is 0 Å². The standard InChI is InChI=1S/C13H16O5/c1-15-13(14)11-8-17-12(18-11)9-16-7-10-5-3-2-4-6-10/h2-6,11-12H,7-9H2,1H3/t11-,12+/m0/s1. The van der Waals surface area contributed by atoms with E-state index < -0.39 is 18.4 Å². The van der Waals surface area contributed by atoms with Crippen molar-refractivity contribution in [3.05, 3.63) is 35.9 Å². The molecule has 1 aliphatic rings. The zero-order chi connectivity index (χ0) is 12.8. The summed E-state index contributed by atoms with van der Waals surface area (Å²) < 4.78 is 20.6. The van der Waals surface area contributed by atoms with E-state index >= 15 is 0 Å². The van der Waals surface area contributed by atoms with Gasteiger partial charge in [-0.25, -0.2) is 4.79 Å². The van der Waals surface area contributed by atoms with Gasteiger partial charge >= 0.3 is 5.97 Å². The van der Waals surface area contributed by atoms with E-state index in [4.69, 9.17) is 14.2 Å². The molecule has 1 heterocycles. The minimum atomic E-state index is -0.639. The third-order valence-corrected chi connectivity index (χ3v) is 2.58. The minimum Gasteiger partial charge on any atom is -0.467 e. The molecule has 0 unspecified atom stereocenters. The molecule has 5 nitrogen and oxygen atoms in total. The summed E-state index contributed by atoms with van der Waals surface area (Å²) in [6.45, 7) is 1.00. The van der Waals surface area contributed by atoms with Crippen LogP contribution in [0.15, 0.2) is 30.3 Å². The van der Waals surface area contributed by atoms with E-state index in [1.807, 2.05) is 30.3 Å². The van der Waals surface area contributed by atoms with Crippen molar-refractivity contribution in [2.45, 2.75) is 19.0 Å². The number of methoxy groups -OCH3 is 1. The number of ether oxygens (including phenoxy) is 4. The van der Waals surface area contributed by atoms with Gasteiger partial charge in [-0.05, 0) is 5.56 Å². The molecule has 0 bridgehead atoms. The van der Waals surface area contributed by atoms with Crippen molar-refractivity contribution < 1.29 is 23.7 Å². The van der Waals surface area contributed by atoms with Gasteiger partial charge in [-0.3, -0.25) is 0 Å². The highest BCUT2D eigenvalue weighted by Gasteiger charge is 2.32. The molecule has 1 aromatic carbocycles. The maximum Gasteiger partial charge on any atom is 0.337 e. The van der Waals surface area contributed by atoms with Crippen LogP contribution in [0.5, 0.6) is 0 Å². The molecule has 1 aliphatic heterocycles. The summed E-state index contributed by atoms with van der Waals surface area (Å²) in [4.78, 5) is 11.2. The summed E-state index contributed by atoms with van der Waals surface area (Å²) in [5.74, 6) is -0.416. The molecule has 0 spiro atoms. The van der Waals surface area contributed by atoms with Crippen LogP contribution in [0.3, 0.4) is 0 Å². The summed E-state index contributed by atoms with van der Waals surface area (Å²) in [5, 5.41) is 0. The number of esters is 1. The molecule has 0 aliphatic carbocycles. The molecular formula is C13H16O5. The molecule has 0 N–H and O–H groups in total. The number of hydrogen-bond donors (Lipinski definition) is 0. The van der Waals surface area contributed by atoms with E-state index in [0.29, 0.717) is 13.2 Å². The third-order valence-electron chi connectivity index (χ3n) is 2.58. The topological polar surface area (TPSA) is 54.0 Å². The van der Waals surface area contributed by atoms with Crippen LogP contribution in [0.25, 0.3) is 0 Å². The Morgan fingerprint density at radius 2 is 2.17 bits per heavy atom. The molecule has 0 radical (unpaired) electrons. The monoisotopic (exact) mass is 252 g/mol. The summed E-state index contributed by atoms with van der Waals surface area (Å²) >= 11 is 0. The highest BCUT2D eigenvalue weighted by Crippen LogP contribution is 2.13. The zero-order valence-corrected chi connectivity index (χ0v) is 10.2. The summed E-state index contributed by atoms with van der Waals surface area (Å²) in [5.41, 5.74) is 1.08. The van der Waals surface area contributed by atoms with Gasteiger partial charge in [0.1, 0.15) is 0 Å². The Balaban J connectivity index is 1.68. The lowest BCUT2D eigenvalue weighted by molar-refractivity contribution is -0.157. The van der Waals surface area contributed by atoms with Crippen molar-refractivity contribution in [1.29, 1.82) is 0 Å². The lowest BCUT2D eigenvalue weighted by Crippen LogP contribution is -2.25. The molecule has 1 aromatic rings. The van der Waals surface area contributed by atoms with Gasteiger partial charge in [0, 0.05) is 0 Å². The number of carbonyl (C=O) groups excluding carboxylic acids is 1. The van der Waals surface area contributed by atoms with Gasteiger partial charge in [0.2, 0.25) is 0 Å². The van der Waals surface area contributed by atoms with Gasteiger partial charge < -0.3 is 18.9 Å². The van der Waals surface area contributed by atoms with Gasteiger partial charge in [0.05, 0.1) is 26.9 Å². The van der Waals surface area contributed by atoms with Crippen LogP contribution in [0, 0.1) is 0 Å². The van der Waals surface area contributed by atoms with Crippen LogP contribution >= 0.6 is 0 Å². The van der Waals surface area contributed by atoms with E-state index in [2.05, 4.69) is 4.74 Å². The first-order valence-corrected chi connectivity index (χ1v) is 5.76. The van der Waals surface area contributed by atoms with Crippen LogP contribution in [0.2, 0.25) is 0 Å². The largest absolute Gasteiger partial charge is 0.467 e. The van der Waals surface area contributed by atoms with Crippen LogP contribution in [0.1, 0.15) is 5.56 Å². The molecule has 5 heteroatoms. The average molecular weight is 252 g/mol. The SMILES string of the molecule is COC(=O)[C@@H]1CO[C@@H](COCc2ccccc2)O1. The molecule has 0 aromatic heterocycles. The van der Waals surface area contributed by atoms with Crippen LogP contribution < -0.4 is 0 Å². The van der Waals surface area contributed by atoms with Gasteiger partial charge in [0.25, 0.3) is 0 Å². The first-order chi connectivity index (χ1) is 8.79. The number of benzene rings is 1. The fourth-order valence-electron chi connectivity index (χ4n) is 1.65. The van der Waals surface area contributed by atoms with Gasteiger partial charge in [-0.1, -0.05) is 30.3 Å². The third kappa shape index (κ3) is 3.53. The normalized spacial score (nSPS) is 22.9. The predicted octanol–water partition coefficient (Wildman–Crippen LogP) is 1.12. The first-order valence-electron chi connectivity index (χ1n) is 5.76. The van der Waals surface area contributed by atoms with Crippen molar-refractivity contribution >= 4 is 5.97 Å².